The van der Waals surface area contributed by atoms with Crippen molar-refractivity contribution in [3.8, 4) is 0 Å². The zero-order valence-corrected chi connectivity index (χ0v) is 13.1. The van der Waals surface area contributed by atoms with E-state index in [0.29, 0.717) is 0 Å². The van der Waals surface area contributed by atoms with Gasteiger partial charge in [-0.3, -0.25) is 49.2 Å². The maximum atomic E-state index is 12.1. The molecule has 4 heterocycles. The van der Waals surface area contributed by atoms with Gasteiger partial charge >= 0.3 is 40.0 Å². The summed E-state index contributed by atoms with van der Waals surface area (Å²) in [6, 6.07) is 0. The van der Waals surface area contributed by atoms with E-state index in [-0.39, 0.29) is 20.8 Å². The summed E-state index contributed by atoms with van der Waals surface area (Å²) in [5, 5.41) is 0. The molecule has 17 nitrogen and oxygen atoms in total. The molecule has 144 valence electrons. The molecule has 0 aliphatic carbocycles. The summed E-state index contributed by atoms with van der Waals surface area (Å²) < 4.78 is -0.214. The molecule has 4 rings (SSSR count). The van der Waals surface area contributed by atoms with Gasteiger partial charge in [0, 0.05) is 0 Å². The first-order valence-corrected chi connectivity index (χ1v) is 7.10. The molecule has 0 saturated carbocycles. The second kappa shape index (κ2) is 5.59. The molecule has 17 heteroatoms. The lowest BCUT2D eigenvalue weighted by Gasteiger charge is -2.06. The predicted octanol–water partition coefficient (Wildman–Crippen LogP) is -4.60. The van der Waals surface area contributed by atoms with Crippen molar-refractivity contribution in [2.75, 3.05) is 0 Å². The maximum absolute atomic E-state index is 12.1. The standard InChI is InChI=1S/C11H6N8O9/c20-5-1-3(14-7(22)12-1)16-9(24)18(5)27-11(26)28-19-6(21)2-4(17-10(19)25)15-8(23)13-2/h(H,16,24)(H,17,25)(H2,12,14,22)(H2,13,15,23). The van der Waals surface area contributed by atoms with Crippen molar-refractivity contribution < 1.29 is 14.5 Å². The van der Waals surface area contributed by atoms with Crippen molar-refractivity contribution in [1.82, 2.24) is 39.4 Å². The monoisotopic (exact) mass is 394 g/mol. The van der Waals surface area contributed by atoms with Crippen LogP contribution >= 0.6 is 0 Å². The molecule has 28 heavy (non-hydrogen) atoms. The molecule has 4 aromatic rings. The number of H-pyrrole nitrogens is 6. The van der Waals surface area contributed by atoms with E-state index in [9.17, 15) is 33.6 Å². The lowest BCUT2D eigenvalue weighted by atomic mass is 10.5. The summed E-state index contributed by atoms with van der Waals surface area (Å²) in [6.07, 6.45) is -1.82. The van der Waals surface area contributed by atoms with Crippen LogP contribution in [0.4, 0.5) is 4.79 Å². The van der Waals surface area contributed by atoms with Crippen molar-refractivity contribution in [2.24, 2.45) is 0 Å². The lowest BCUT2D eigenvalue weighted by Crippen LogP contribution is -2.48. The molecule has 0 spiro atoms. The first-order chi connectivity index (χ1) is 13.2. The third-order valence-electron chi connectivity index (χ3n) is 3.42. The summed E-state index contributed by atoms with van der Waals surface area (Å²) in [6.45, 7) is 0. The van der Waals surface area contributed by atoms with E-state index in [1.165, 1.54) is 0 Å². The van der Waals surface area contributed by atoms with Crippen LogP contribution < -0.4 is 43.6 Å². The molecular weight excluding hydrogens is 388 g/mol. The first kappa shape index (κ1) is 16.6. The molecule has 0 fully saturated rings. The topological polar surface area (TPSA) is 243 Å². The van der Waals surface area contributed by atoms with Crippen molar-refractivity contribution in [3.05, 3.63) is 62.6 Å². The Morgan fingerprint density at radius 3 is 1.39 bits per heavy atom. The van der Waals surface area contributed by atoms with Gasteiger partial charge in [-0.1, -0.05) is 9.46 Å². The van der Waals surface area contributed by atoms with E-state index < -0.39 is 51.1 Å². The summed E-state index contributed by atoms with van der Waals surface area (Å²) in [5.74, 6) is 0. The number of fused-ring (bicyclic) bond motifs is 2. The number of imidazole rings is 2. The molecule has 0 aliphatic heterocycles. The first-order valence-electron chi connectivity index (χ1n) is 7.10. The van der Waals surface area contributed by atoms with Crippen LogP contribution in [0.1, 0.15) is 0 Å². The minimum atomic E-state index is -1.82. The van der Waals surface area contributed by atoms with Crippen molar-refractivity contribution in [3.63, 3.8) is 0 Å². The second-order valence-electron chi connectivity index (χ2n) is 5.15. The Hall–Kier alpha value is -4.83. The summed E-state index contributed by atoms with van der Waals surface area (Å²) >= 11 is 0. The minimum absolute atomic E-state index is 0.107. The van der Waals surface area contributed by atoms with Crippen molar-refractivity contribution in [2.45, 2.75) is 0 Å². The number of carbonyl (C=O) groups excluding carboxylic acids is 1. The molecule has 0 amide bonds. The van der Waals surface area contributed by atoms with E-state index in [2.05, 4.69) is 29.6 Å². The Morgan fingerprint density at radius 2 is 1.00 bits per heavy atom. The van der Waals surface area contributed by atoms with Gasteiger partial charge in [-0.15, -0.1) is 0 Å². The molecule has 0 saturated heterocycles. The lowest BCUT2D eigenvalue weighted by molar-refractivity contribution is 0.0296. The van der Waals surface area contributed by atoms with Gasteiger partial charge in [0.05, 0.1) is 0 Å². The average molecular weight is 394 g/mol. The number of rotatable bonds is 2. The Balaban J connectivity index is 1.73. The number of aromatic nitrogens is 8. The fourth-order valence-electron chi connectivity index (χ4n) is 2.31. The number of hydrogen-bond donors (Lipinski definition) is 6. The normalized spacial score (nSPS) is 11.1. The molecule has 0 radical (unpaired) electrons. The van der Waals surface area contributed by atoms with Gasteiger partial charge in [-0.05, 0) is 0 Å². The molecule has 4 aromatic heterocycles. The van der Waals surface area contributed by atoms with Gasteiger partial charge < -0.3 is 0 Å². The molecular formula is C11H6N8O9. The van der Waals surface area contributed by atoms with Gasteiger partial charge in [0.1, 0.15) is 11.3 Å². The second-order valence-corrected chi connectivity index (χ2v) is 5.15. The highest BCUT2D eigenvalue weighted by molar-refractivity contribution is 5.69. The molecule has 0 bridgehead atoms. The number of carbonyl (C=O) groups is 1. The van der Waals surface area contributed by atoms with Gasteiger partial charge in [0.2, 0.25) is 0 Å². The van der Waals surface area contributed by atoms with E-state index in [1.54, 1.807) is 0 Å². The fourth-order valence-corrected chi connectivity index (χ4v) is 2.31. The number of hydrogen-bond acceptors (Lipinski definition) is 9. The third kappa shape index (κ3) is 2.46. The number of nitrogens with one attached hydrogen (secondary N) is 6. The summed E-state index contributed by atoms with van der Waals surface area (Å²) in [4.78, 5) is 103. The van der Waals surface area contributed by atoms with Crippen molar-refractivity contribution in [1.29, 1.82) is 0 Å². The zero-order valence-electron chi connectivity index (χ0n) is 13.1. The molecule has 0 aromatic carbocycles. The third-order valence-corrected chi connectivity index (χ3v) is 3.42. The van der Waals surface area contributed by atoms with E-state index in [4.69, 9.17) is 0 Å². The Labute approximate surface area is 146 Å². The SMILES string of the molecule is O=C(On1c(=O)[nH]c2[nH]c(=O)[nH]c2c1=O)On1c(=O)[nH]c2[nH]c(=O)[nH]c2c1=O. The van der Waals surface area contributed by atoms with E-state index >= 15 is 0 Å². The smallest absolute Gasteiger partial charge is 0.300 e. The van der Waals surface area contributed by atoms with Gasteiger partial charge in [0.15, 0.2) is 11.0 Å². The number of aromatic amines is 6. The highest BCUT2D eigenvalue weighted by Gasteiger charge is 2.19. The van der Waals surface area contributed by atoms with Gasteiger partial charge in [0.25, 0.3) is 0 Å². The summed E-state index contributed by atoms with van der Waals surface area (Å²) in [5.41, 5.74) is -7.96. The Bertz CT molecular complexity index is 1490. The minimum Gasteiger partial charge on any atom is -0.300 e. The highest BCUT2D eigenvalue weighted by Crippen LogP contribution is 1.92. The maximum Gasteiger partial charge on any atom is 0.560 e. The van der Waals surface area contributed by atoms with Crippen LogP contribution in [-0.4, -0.2) is 45.5 Å². The highest BCUT2D eigenvalue weighted by atomic mass is 16.9. The van der Waals surface area contributed by atoms with E-state index in [1.807, 2.05) is 9.97 Å². The van der Waals surface area contributed by atoms with Crippen LogP contribution in [0.15, 0.2) is 28.8 Å². The molecule has 0 aliphatic rings. The molecule has 6 N–H and O–H groups in total. The largest absolute Gasteiger partial charge is 0.560 e. The Morgan fingerprint density at radius 1 is 0.607 bits per heavy atom. The fraction of sp³-hybridized carbons (Fsp3) is 0. The summed E-state index contributed by atoms with van der Waals surface area (Å²) in [7, 11) is 0. The van der Waals surface area contributed by atoms with Crippen LogP contribution in [0.25, 0.3) is 22.3 Å². The van der Waals surface area contributed by atoms with E-state index in [0.717, 1.165) is 0 Å². The van der Waals surface area contributed by atoms with Gasteiger partial charge in [-0.25, -0.2) is 19.2 Å². The average Bonchev–Trinajstić information content (AvgIpc) is 3.17. The zero-order chi connectivity index (χ0) is 20.2. The predicted molar refractivity (Wildman–Crippen MR) is 86.2 cm³/mol. The van der Waals surface area contributed by atoms with Crippen LogP contribution in [0.5, 0.6) is 0 Å². The Kier molecular flexibility index (Phi) is 3.32. The van der Waals surface area contributed by atoms with Crippen LogP contribution in [0.3, 0.4) is 0 Å². The van der Waals surface area contributed by atoms with Crippen LogP contribution in [0.2, 0.25) is 0 Å². The molecule has 0 atom stereocenters. The van der Waals surface area contributed by atoms with Crippen LogP contribution in [-0.2, 0) is 0 Å². The van der Waals surface area contributed by atoms with Gasteiger partial charge in [-0.2, -0.15) is 4.79 Å². The quantitative estimate of drug-likeness (QED) is 0.191. The number of nitrogens with zero attached hydrogens (tertiary/aromatic N) is 2. The van der Waals surface area contributed by atoms with Crippen molar-refractivity contribution >= 4 is 28.5 Å². The van der Waals surface area contributed by atoms with Crippen LogP contribution in [0, 0.1) is 0 Å². The molecule has 0 unspecified atom stereocenters.